The third-order valence-electron chi connectivity index (χ3n) is 2.02. The Kier molecular flexibility index (Phi) is 10.7. The second-order valence-electron chi connectivity index (χ2n) is 5.07. The monoisotopic (exact) mass is 233 g/mol. The molecule has 0 radical (unpaired) electrons. The molecular weight excluding hydrogens is 206 g/mol. The van der Waals surface area contributed by atoms with Crippen LogP contribution in [0.2, 0.25) is 0 Å². The van der Waals surface area contributed by atoms with Crippen LogP contribution in [0.3, 0.4) is 0 Å². The zero-order valence-electron chi connectivity index (χ0n) is 11.3. The van der Waals surface area contributed by atoms with Crippen molar-refractivity contribution >= 4 is 5.97 Å². The van der Waals surface area contributed by atoms with Crippen molar-refractivity contribution in [3.63, 3.8) is 0 Å². The van der Waals surface area contributed by atoms with Gasteiger partial charge in [-0.2, -0.15) is 0 Å². The Hall–Kier alpha value is -0.610. The summed E-state index contributed by atoms with van der Waals surface area (Å²) in [7, 11) is 6.77. The first kappa shape index (κ1) is 17.8. The van der Waals surface area contributed by atoms with Crippen molar-refractivity contribution in [2.45, 2.75) is 45.6 Å². The number of aliphatic hydroxyl groups is 1. The summed E-state index contributed by atoms with van der Waals surface area (Å²) < 4.78 is 1.11. The van der Waals surface area contributed by atoms with Gasteiger partial charge >= 0.3 is 0 Å². The van der Waals surface area contributed by atoms with Crippen molar-refractivity contribution < 1.29 is 19.5 Å². The number of carboxylic acid groups (broad SMARTS) is 1. The van der Waals surface area contributed by atoms with Crippen LogP contribution >= 0.6 is 0 Å². The molecule has 0 bridgehead atoms. The van der Waals surface area contributed by atoms with Crippen molar-refractivity contribution in [1.82, 2.24) is 0 Å². The molecule has 0 saturated carbocycles. The average molecular weight is 233 g/mol. The summed E-state index contributed by atoms with van der Waals surface area (Å²) in [6.45, 7) is 4.71. The van der Waals surface area contributed by atoms with Crippen molar-refractivity contribution in [3.05, 3.63) is 0 Å². The van der Waals surface area contributed by atoms with Crippen molar-refractivity contribution in [3.8, 4) is 0 Å². The zero-order chi connectivity index (χ0) is 13.2. The molecule has 0 spiro atoms. The molecule has 16 heavy (non-hydrogen) atoms. The van der Waals surface area contributed by atoms with E-state index < -0.39 is 12.1 Å². The molecule has 4 nitrogen and oxygen atoms in total. The Labute approximate surface area is 99.5 Å². The van der Waals surface area contributed by atoms with Gasteiger partial charge in [0.05, 0.1) is 39.8 Å². The quantitative estimate of drug-likeness (QED) is 0.533. The summed E-state index contributed by atoms with van der Waals surface area (Å²) in [5, 5.41) is 17.3. The molecule has 0 rings (SSSR count). The number of unbranched alkanes of at least 4 members (excludes halogenated alkanes) is 3. The molecule has 0 heterocycles. The minimum Gasteiger partial charge on any atom is -0.547 e. The maximum atomic E-state index is 9.34. The third-order valence-corrected chi connectivity index (χ3v) is 2.02. The van der Waals surface area contributed by atoms with Crippen molar-refractivity contribution in [2.75, 3.05) is 27.7 Å². The minimum atomic E-state index is -1.44. The van der Waals surface area contributed by atoms with E-state index in [0.29, 0.717) is 0 Å². The van der Waals surface area contributed by atoms with Crippen LogP contribution in [-0.2, 0) is 4.79 Å². The molecule has 0 saturated heterocycles. The van der Waals surface area contributed by atoms with E-state index in [2.05, 4.69) is 28.1 Å². The highest BCUT2D eigenvalue weighted by Crippen LogP contribution is 2.01. The molecule has 1 N–H and O–H groups in total. The first-order chi connectivity index (χ1) is 7.20. The lowest BCUT2D eigenvalue weighted by atomic mass is 10.2. The average Bonchev–Trinajstić information content (AvgIpc) is 2.12. The van der Waals surface area contributed by atoms with E-state index in [4.69, 9.17) is 5.11 Å². The number of carbonyl (C=O) groups is 1. The Morgan fingerprint density at radius 1 is 1.25 bits per heavy atom. The van der Waals surface area contributed by atoms with Gasteiger partial charge in [0.2, 0.25) is 0 Å². The van der Waals surface area contributed by atoms with Crippen LogP contribution in [-0.4, -0.2) is 49.4 Å². The fraction of sp³-hybridized carbons (Fsp3) is 0.917. The van der Waals surface area contributed by atoms with Crippen LogP contribution in [0.1, 0.15) is 39.5 Å². The smallest absolute Gasteiger partial charge is 0.0905 e. The van der Waals surface area contributed by atoms with E-state index in [0.717, 1.165) is 11.4 Å². The Morgan fingerprint density at radius 2 is 1.69 bits per heavy atom. The summed E-state index contributed by atoms with van der Waals surface area (Å²) in [6, 6.07) is 0. The van der Waals surface area contributed by atoms with Gasteiger partial charge in [0.1, 0.15) is 0 Å². The highest BCUT2D eigenvalue weighted by atomic mass is 16.4. The van der Waals surface area contributed by atoms with Crippen LogP contribution < -0.4 is 5.11 Å². The second-order valence-corrected chi connectivity index (χ2v) is 5.07. The van der Waals surface area contributed by atoms with Gasteiger partial charge in [0, 0.05) is 0 Å². The van der Waals surface area contributed by atoms with E-state index in [1.54, 1.807) is 0 Å². The van der Waals surface area contributed by atoms with Gasteiger partial charge in [-0.05, 0) is 19.8 Å². The van der Waals surface area contributed by atoms with Crippen molar-refractivity contribution in [2.24, 2.45) is 0 Å². The van der Waals surface area contributed by atoms with E-state index in [-0.39, 0.29) is 0 Å². The first-order valence-electron chi connectivity index (χ1n) is 5.90. The van der Waals surface area contributed by atoms with Gasteiger partial charge in [0.15, 0.2) is 0 Å². The first-order valence-corrected chi connectivity index (χ1v) is 5.90. The van der Waals surface area contributed by atoms with Crippen LogP contribution in [0.15, 0.2) is 0 Å². The molecule has 0 aliphatic heterocycles. The lowest BCUT2D eigenvalue weighted by Gasteiger charge is -2.23. The predicted octanol–water partition coefficient (Wildman–Crippen LogP) is 0.390. The summed E-state index contributed by atoms with van der Waals surface area (Å²) in [4.78, 5) is 9.34. The molecule has 0 aromatic carbocycles. The van der Waals surface area contributed by atoms with Gasteiger partial charge in [-0.1, -0.05) is 19.8 Å². The van der Waals surface area contributed by atoms with Gasteiger partial charge < -0.3 is 19.5 Å². The predicted molar refractivity (Wildman–Crippen MR) is 63.7 cm³/mol. The summed E-state index contributed by atoms with van der Waals surface area (Å²) in [6.07, 6.45) is 4.20. The number of aliphatic carboxylic acids is 1. The zero-order valence-corrected chi connectivity index (χ0v) is 11.3. The number of hydrogen-bond donors (Lipinski definition) is 1. The molecule has 0 aliphatic carbocycles. The number of nitrogens with zero attached hydrogens (tertiary/aromatic N) is 1. The van der Waals surface area contributed by atoms with Crippen LogP contribution in [0.25, 0.3) is 0 Å². The number of quaternary nitrogens is 1. The molecule has 1 atom stereocenters. The summed E-state index contributed by atoms with van der Waals surface area (Å²) >= 11 is 0. The number of aliphatic hydroxyl groups excluding tert-OH is 1. The summed E-state index contributed by atoms with van der Waals surface area (Å²) in [5.41, 5.74) is 0. The van der Waals surface area contributed by atoms with Crippen LogP contribution in [0.4, 0.5) is 0 Å². The van der Waals surface area contributed by atoms with Gasteiger partial charge in [-0.3, -0.25) is 0 Å². The van der Waals surface area contributed by atoms with Gasteiger partial charge in [0.25, 0.3) is 0 Å². The highest BCUT2D eigenvalue weighted by molar-refractivity contribution is 5.68. The van der Waals surface area contributed by atoms with E-state index in [1.807, 2.05) is 0 Å². The number of carbonyl (C=O) groups excluding carboxylic acids is 1. The van der Waals surface area contributed by atoms with Crippen LogP contribution in [0.5, 0.6) is 0 Å². The molecule has 98 valence electrons. The normalized spacial score (nSPS) is 12.6. The second kappa shape index (κ2) is 9.60. The van der Waals surface area contributed by atoms with Gasteiger partial charge in [-0.25, -0.2) is 0 Å². The van der Waals surface area contributed by atoms with E-state index in [9.17, 15) is 9.90 Å². The number of carboxylic acids is 1. The Balaban J connectivity index is 0. The van der Waals surface area contributed by atoms with E-state index >= 15 is 0 Å². The maximum absolute atomic E-state index is 9.34. The molecule has 1 unspecified atom stereocenters. The van der Waals surface area contributed by atoms with E-state index in [1.165, 1.54) is 32.2 Å². The third kappa shape index (κ3) is 19.0. The van der Waals surface area contributed by atoms with Crippen LogP contribution in [0, 0.1) is 0 Å². The standard InChI is InChI=1S/C9H22N.C3H6O3/c1-5-6-7-8-9-10(2,3)4;1-2(4)3(5)6/h5-9H2,1-4H3;2,4H,1H3,(H,5,6)/q+1;/p-1. The Morgan fingerprint density at radius 3 is 1.94 bits per heavy atom. The lowest BCUT2D eigenvalue weighted by molar-refractivity contribution is -0.870. The highest BCUT2D eigenvalue weighted by Gasteiger charge is 2.04. The molecule has 0 aliphatic rings. The molecular formula is C12H27NO3. The molecule has 0 aromatic rings. The fourth-order valence-electron chi connectivity index (χ4n) is 1.01. The number of rotatable bonds is 6. The number of hydrogen-bond acceptors (Lipinski definition) is 3. The minimum absolute atomic E-state index is 1.11. The Bertz CT molecular complexity index is 174. The van der Waals surface area contributed by atoms with Crippen molar-refractivity contribution in [1.29, 1.82) is 0 Å². The molecule has 0 fully saturated rings. The summed E-state index contributed by atoms with van der Waals surface area (Å²) in [5.74, 6) is -1.44. The van der Waals surface area contributed by atoms with Gasteiger partial charge in [-0.15, -0.1) is 0 Å². The topological polar surface area (TPSA) is 60.4 Å². The largest absolute Gasteiger partial charge is 0.547 e. The molecule has 4 heteroatoms. The lowest BCUT2D eigenvalue weighted by Crippen LogP contribution is -2.35. The molecule has 0 amide bonds. The molecule has 0 aromatic heterocycles. The maximum Gasteiger partial charge on any atom is 0.0905 e. The SMILES string of the molecule is CC(O)C(=O)[O-].CCCCCC[N+](C)(C)C. The fourth-order valence-corrected chi connectivity index (χ4v) is 1.01.